The Hall–Kier alpha value is -3.23. The standard InChI is InChI=1S/C16H18N6O3/c1-4-24-16-19-12(8-25-16)15(23)18-10(3)13-20-14(22-21-13)11-7-9(2)5-6-17-11/h5-8,10H,4H2,1-3H3,(H,18,23)(H,20,21,22). The van der Waals surface area contributed by atoms with Crippen molar-refractivity contribution in [2.45, 2.75) is 26.8 Å². The molecule has 25 heavy (non-hydrogen) atoms. The van der Waals surface area contributed by atoms with E-state index in [9.17, 15) is 4.79 Å². The summed E-state index contributed by atoms with van der Waals surface area (Å²) in [7, 11) is 0. The second-order valence-electron chi connectivity index (χ2n) is 5.39. The second-order valence-corrected chi connectivity index (χ2v) is 5.39. The lowest BCUT2D eigenvalue weighted by molar-refractivity contribution is 0.0933. The van der Waals surface area contributed by atoms with E-state index >= 15 is 0 Å². The van der Waals surface area contributed by atoms with Gasteiger partial charge in [-0.15, -0.1) is 0 Å². The van der Waals surface area contributed by atoms with E-state index < -0.39 is 11.9 Å². The van der Waals surface area contributed by atoms with Crippen LogP contribution in [-0.4, -0.2) is 37.7 Å². The predicted octanol–water partition coefficient (Wildman–Crippen LogP) is 2.05. The third kappa shape index (κ3) is 3.82. The Kier molecular flexibility index (Phi) is 4.73. The van der Waals surface area contributed by atoms with E-state index in [4.69, 9.17) is 9.15 Å². The van der Waals surface area contributed by atoms with Crippen LogP contribution in [-0.2, 0) is 0 Å². The van der Waals surface area contributed by atoms with Crippen LogP contribution >= 0.6 is 0 Å². The minimum atomic E-state index is -0.397. The molecule has 0 fully saturated rings. The summed E-state index contributed by atoms with van der Waals surface area (Å²) in [5.41, 5.74) is 1.86. The number of ether oxygens (including phenoxy) is 1. The molecule has 0 radical (unpaired) electrons. The van der Waals surface area contributed by atoms with Crippen LogP contribution in [0.5, 0.6) is 6.08 Å². The van der Waals surface area contributed by atoms with Crippen molar-refractivity contribution in [3.63, 3.8) is 0 Å². The Bertz CT molecular complexity index is 872. The SMILES string of the molecule is CCOc1nc(C(=O)NC(C)c2nc(-c3cc(C)ccn3)n[nH]2)co1. The van der Waals surface area contributed by atoms with Crippen LogP contribution in [0.4, 0.5) is 0 Å². The van der Waals surface area contributed by atoms with Gasteiger partial charge in [-0.05, 0) is 38.5 Å². The maximum absolute atomic E-state index is 12.2. The van der Waals surface area contributed by atoms with Gasteiger partial charge in [0.05, 0.1) is 12.6 Å². The fourth-order valence-electron chi connectivity index (χ4n) is 2.13. The molecule has 3 aromatic rings. The first kappa shape index (κ1) is 16.6. The molecular weight excluding hydrogens is 324 g/mol. The van der Waals surface area contributed by atoms with E-state index in [1.54, 1.807) is 20.0 Å². The van der Waals surface area contributed by atoms with E-state index in [1.165, 1.54) is 6.26 Å². The van der Waals surface area contributed by atoms with Gasteiger partial charge in [-0.2, -0.15) is 10.1 Å². The van der Waals surface area contributed by atoms with Crippen LogP contribution in [0.1, 0.15) is 41.8 Å². The van der Waals surface area contributed by atoms with Crippen molar-refractivity contribution >= 4 is 5.91 Å². The maximum atomic E-state index is 12.2. The number of aromatic amines is 1. The molecule has 1 atom stereocenters. The highest BCUT2D eigenvalue weighted by molar-refractivity contribution is 5.92. The summed E-state index contributed by atoms with van der Waals surface area (Å²) >= 11 is 0. The molecule has 0 saturated carbocycles. The summed E-state index contributed by atoms with van der Waals surface area (Å²) in [6.07, 6.45) is 3.01. The van der Waals surface area contributed by atoms with E-state index in [0.717, 1.165) is 5.56 Å². The number of amides is 1. The van der Waals surface area contributed by atoms with Crippen LogP contribution < -0.4 is 10.1 Å². The minimum absolute atomic E-state index is 0.0628. The Labute approximate surface area is 143 Å². The smallest absolute Gasteiger partial charge is 0.394 e. The number of carbonyl (C=O) groups is 1. The molecule has 0 saturated heterocycles. The lowest BCUT2D eigenvalue weighted by Crippen LogP contribution is -2.27. The summed E-state index contributed by atoms with van der Waals surface area (Å²) in [5, 5.41) is 9.75. The van der Waals surface area contributed by atoms with Crippen LogP contribution in [0.15, 0.2) is 29.0 Å². The lowest BCUT2D eigenvalue weighted by Gasteiger charge is -2.08. The molecule has 0 spiro atoms. The third-order valence-corrected chi connectivity index (χ3v) is 3.39. The Morgan fingerprint density at radius 3 is 3.04 bits per heavy atom. The van der Waals surface area contributed by atoms with Crippen molar-refractivity contribution in [1.82, 2.24) is 30.5 Å². The maximum Gasteiger partial charge on any atom is 0.394 e. The molecule has 3 aromatic heterocycles. The average molecular weight is 342 g/mol. The van der Waals surface area contributed by atoms with Gasteiger partial charge < -0.3 is 14.5 Å². The highest BCUT2D eigenvalue weighted by Gasteiger charge is 2.19. The summed E-state index contributed by atoms with van der Waals surface area (Å²) in [6, 6.07) is 3.39. The van der Waals surface area contributed by atoms with Crippen molar-refractivity contribution < 1.29 is 13.9 Å². The van der Waals surface area contributed by atoms with E-state index in [1.807, 2.05) is 19.1 Å². The molecule has 9 nitrogen and oxygen atoms in total. The molecule has 3 rings (SSSR count). The van der Waals surface area contributed by atoms with E-state index in [-0.39, 0.29) is 11.8 Å². The third-order valence-electron chi connectivity index (χ3n) is 3.39. The Morgan fingerprint density at radius 1 is 1.44 bits per heavy atom. The van der Waals surface area contributed by atoms with Gasteiger partial charge in [0, 0.05) is 6.20 Å². The van der Waals surface area contributed by atoms with Crippen LogP contribution in [0.3, 0.4) is 0 Å². The number of H-pyrrole nitrogens is 1. The topological polar surface area (TPSA) is 119 Å². The molecule has 0 aliphatic carbocycles. The van der Waals surface area contributed by atoms with Gasteiger partial charge in [-0.1, -0.05) is 0 Å². The molecule has 1 amide bonds. The summed E-state index contributed by atoms with van der Waals surface area (Å²) in [5.74, 6) is 0.592. The number of aryl methyl sites for hydroxylation is 1. The molecule has 2 N–H and O–H groups in total. The largest absolute Gasteiger partial charge is 0.450 e. The molecule has 130 valence electrons. The van der Waals surface area contributed by atoms with Gasteiger partial charge >= 0.3 is 6.08 Å². The van der Waals surface area contributed by atoms with E-state index in [0.29, 0.717) is 23.9 Å². The van der Waals surface area contributed by atoms with Crippen molar-refractivity contribution in [3.8, 4) is 17.6 Å². The van der Waals surface area contributed by atoms with Gasteiger partial charge in [-0.3, -0.25) is 14.9 Å². The van der Waals surface area contributed by atoms with Gasteiger partial charge in [-0.25, -0.2) is 4.98 Å². The number of rotatable bonds is 6. The first-order chi connectivity index (χ1) is 12.1. The van der Waals surface area contributed by atoms with Crippen molar-refractivity contribution in [2.24, 2.45) is 0 Å². The van der Waals surface area contributed by atoms with Gasteiger partial charge in [0.1, 0.15) is 17.8 Å². The molecule has 0 aromatic carbocycles. The fraction of sp³-hybridized carbons (Fsp3) is 0.312. The highest BCUT2D eigenvalue weighted by atomic mass is 16.6. The predicted molar refractivity (Wildman–Crippen MR) is 87.9 cm³/mol. The zero-order valence-electron chi connectivity index (χ0n) is 14.1. The monoisotopic (exact) mass is 342 g/mol. The van der Waals surface area contributed by atoms with E-state index in [2.05, 4.69) is 30.5 Å². The number of nitrogens with zero attached hydrogens (tertiary/aromatic N) is 4. The molecule has 0 aliphatic rings. The number of oxazole rings is 1. The minimum Gasteiger partial charge on any atom is -0.450 e. The summed E-state index contributed by atoms with van der Waals surface area (Å²) in [6.45, 7) is 5.97. The van der Waals surface area contributed by atoms with Gasteiger partial charge in [0.15, 0.2) is 11.5 Å². The van der Waals surface area contributed by atoms with Crippen molar-refractivity contribution in [2.75, 3.05) is 6.61 Å². The number of hydrogen-bond donors (Lipinski definition) is 2. The zero-order valence-corrected chi connectivity index (χ0v) is 14.1. The molecular formula is C16H18N6O3. The lowest BCUT2D eigenvalue weighted by atomic mass is 10.2. The Morgan fingerprint density at radius 2 is 2.28 bits per heavy atom. The number of carbonyl (C=O) groups excluding carboxylic acids is 1. The first-order valence-corrected chi connectivity index (χ1v) is 7.81. The molecule has 0 aliphatic heterocycles. The van der Waals surface area contributed by atoms with Crippen molar-refractivity contribution in [3.05, 3.63) is 41.7 Å². The van der Waals surface area contributed by atoms with Crippen LogP contribution in [0, 0.1) is 6.92 Å². The highest BCUT2D eigenvalue weighted by Crippen LogP contribution is 2.16. The average Bonchev–Trinajstić information content (AvgIpc) is 3.25. The number of hydrogen-bond acceptors (Lipinski definition) is 7. The van der Waals surface area contributed by atoms with Gasteiger partial charge in [0.25, 0.3) is 5.91 Å². The Balaban J connectivity index is 1.68. The molecule has 9 heteroatoms. The zero-order chi connectivity index (χ0) is 17.8. The second kappa shape index (κ2) is 7.12. The normalized spacial score (nSPS) is 12.0. The molecule has 0 bridgehead atoms. The molecule has 3 heterocycles. The summed E-state index contributed by atoms with van der Waals surface area (Å²) in [4.78, 5) is 24.8. The summed E-state index contributed by atoms with van der Waals surface area (Å²) < 4.78 is 10.1. The first-order valence-electron chi connectivity index (χ1n) is 7.81. The number of pyridine rings is 1. The fourth-order valence-corrected chi connectivity index (χ4v) is 2.13. The van der Waals surface area contributed by atoms with Crippen LogP contribution in [0.25, 0.3) is 11.5 Å². The molecule has 1 unspecified atom stereocenters. The quantitative estimate of drug-likeness (QED) is 0.703. The number of nitrogens with one attached hydrogen (secondary N) is 2. The van der Waals surface area contributed by atoms with Crippen molar-refractivity contribution in [1.29, 1.82) is 0 Å². The van der Waals surface area contributed by atoms with Gasteiger partial charge in [0.2, 0.25) is 0 Å². The van der Waals surface area contributed by atoms with Crippen LogP contribution in [0.2, 0.25) is 0 Å². The number of aromatic nitrogens is 5.